The average molecular weight is 219 g/mol. The van der Waals surface area contributed by atoms with Gasteiger partial charge < -0.3 is 11.2 Å². The van der Waals surface area contributed by atoms with Crippen molar-refractivity contribution >= 4 is 0 Å². The molecule has 3 heteroatoms. The van der Waals surface area contributed by atoms with Crippen molar-refractivity contribution in [3.05, 3.63) is 47.3 Å². The molecule has 0 aromatic rings. The van der Waals surface area contributed by atoms with E-state index in [4.69, 9.17) is 11.6 Å². The minimum atomic E-state index is 0.835. The van der Waals surface area contributed by atoms with Crippen LogP contribution in [0.3, 0.4) is 0 Å². The van der Waals surface area contributed by atoms with Gasteiger partial charge in [0.05, 0.1) is 0 Å². The number of rotatable bonds is 3. The van der Waals surface area contributed by atoms with Crippen LogP contribution in [0.2, 0.25) is 0 Å². The Morgan fingerprint density at radius 3 is 2.44 bits per heavy atom. The molecule has 0 spiro atoms. The fourth-order valence-electron chi connectivity index (χ4n) is 1.95. The molecule has 0 fully saturated rings. The lowest BCUT2D eigenvalue weighted by molar-refractivity contribution is 0.727. The molecule has 1 aliphatic carbocycles. The molecule has 16 heavy (non-hydrogen) atoms. The summed E-state index contributed by atoms with van der Waals surface area (Å²) in [5.74, 6) is 5.46. The highest BCUT2D eigenvalue weighted by atomic mass is 15.2. The molecule has 0 saturated heterocycles. The third kappa shape index (κ3) is 3.00. The summed E-state index contributed by atoms with van der Waals surface area (Å²) in [6.45, 7) is 5.89. The Hall–Kier alpha value is -1.48. The quantitative estimate of drug-likeness (QED) is 0.504. The lowest BCUT2D eigenvalue weighted by Gasteiger charge is -2.17. The number of nitrogens with one attached hydrogen (secondary N) is 1. The monoisotopic (exact) mass is 219 g/mol. The van der Waals surface area contributed by atoms with Gasteiger partial charge in [-0.25, -0.2) is 0 Å². The van der Waals surface area contributed by atoms with E-state index in [0.29, 0.717) is 0 Å². The lowest BCUT2D eigenvalue weighted by atomic mass is 9.94. The van der Waals surface area contributed by atoms with Crippen LogP contribution in [0.1, 0.15) is 32.6 Å². The van der Waals surface area contributed by atoms with Crippen LogP contribution in [0.4, 0.5) is 0 Å². The van der Waals surface area contributed by atoms with E-state index in [9.17, 15) is 0 Å². The van der Waals surface area contributed by atoms with Gasteiger partial charge in [0.1, 0.15) is 0 Å². The standard InChI is InChI=1S/C13H21N3/c1-3-5-11-7-9-13(16-15)12(14)8-6-10(11)4-2/h3-5,16H,2,6-9,14-15H2,1H3/b5-3-,11-10-,13-12-. The molecule has 3 nitrogen and oxygen atoms in total. The van der Waals surface area contributed by atoms with Crippen LogP contribution in [0, 0.1) is 0 Å². The van der Waals surface area contributed by atoms with E-state index < -0.39 is 0 Å². The van der Waals surface area contributed by atoms with Crippen molar-refractivity contribution in [2.75, 3.05) is 0 Å². The van der Waals surface area contributed by atoms with Crippen LogP contribution in [0.15, 0.2) is 47.3 Å². The molecule has 0 radical (unpaired) electrons. The Morgan fingerprint density at radius 2 is 1.88 bits per heavy atom. The molecule has 1 rings (SSSR count). The summed E-state index contributed by atoms with van der Waals surface area (Å²) in [6.07, 6.45) is 9.71. The molecule has 0 amide bonds. The summed E-state index contributed by atoms with van der Waals surface area (Å²) in [7, 11) is 0. The van der Waals surface area contributed by atoms with Crippen molar-refractivity contribution in [2.24, 2.45) is 11.6 Å². The minimum absolute atomic E-state index is 0.835. The second-order valence-corrected chi connectivity index (χ2v) is 3.90. The molecular weight excluding hydrogens is 198 g/mol. The normalized spacial score (nSPS) is 27.6. The summed E-state index contributed by atoms with van der Waals surface area (Å²) in [6, 6.07) is 0. The fourth-order valence-corrected chi connectivity index (χ4v) is 1.95. The Bertz CT molecular complexity index is 348. The van der Waals surface area contributed by atoms with Gasteiger partial charge in [0.2, 0.25) is 0 Å². The zero-order valence-corrected chi connectivity index (χ0v) is 9.92. The highest BCUT2D eigenvalue weighted by molar-refractivity contribution is 5.34. The predicted molar refractivity (Wildman–Crippen MR) is 69.0 cm³/mol. The molecule has 1 aliphatic rings. The second kappa shape index (κ2) is 6.18. The van der Waals surface area contributed by atoms with Crippen molar-refractivity contribution in [1.29, 1.82) is 0 Å². The summed E-state index contributed by atoms with van der Waals surface area (Å²) >= 11 is 0. The first-order valence-corrected chi connectivity index (χ1v) is 5.64. The number of hydrogen-bond donors (Lipinski definition) is 3. The highest BCUT2D eigenvalue weighted by Crippen LogP contribution is 2.25. The summed E-state index contributed by atoms with van der Waals surface area (Å²) in [4.78, 5) is 0. The Kier molecular flexibility index (Phi) is 4.86. The van der Waals surface area contributed by atoms with Gasteiger partial charge in [-0.2, -0.15) is 0 Å². The van der Waals surface area contributed by atoms with Crippen LogP contribution in [-0.2, 0) is 0 Å². The first-order valence-electron chi connectivity index (χ1n) is 5.64. The predicted octanol–water partition coefficient (Wildman–Crippen LogP) is 2.25. The molecule has 0 unspecified atom stereocenters. The zero-order chi connectivity index (χ0) is 12.0. The Labute approximate surface area is 97.6 Å². The first kappa shape index (κ1) is 12.6. The molecule has 0 aliphatic heterocycles. The molecule has 0 aromatic heterocycles. The third-order valence-electron chi connectivity index (χ3n) is 2.90. The summed E-state index contributed by atoms with van der Waals surface area (Å²) < 4.78 is 0. The van der Waals surface area contributed by atoms with E-state index >= 15 is 0 Å². The van der Waals surface area contributed by atoms with Gasteiger partial charge in [0.15, 0.2) is 0 Å². The van der Waals surface area contributed by atoms with E-state index in [1.165, 1.54) is 11.1 Å². The number of allylic oxidation sites excluding steroid dienone is 7. The van der Waals surface area contributed by atoms with Crippen LogP contribution in [0.5, 0.6) is 0 Å². The molecule has 0 bridgehead atoms. The van der Waals surface area contributed by atoms with E-state index in [-0.39, 0.29) is 0 Å². The molecule has 0 aromatic carbocycles. The van der Waals surface area contributed by atoms with Crippen LogP contribution in [-0.4, -0.2) is 0 Å². The van der Waals surface area contributed by atoms with Crippen molar-refractivity contribution in [3.8, 4) is 0 Å². The Balaban J connectivity index is 2.92. The number of hydrazine groups is 1. The smallest absolute Gasteiger partial charge is 0.0449 e. The van der Waals surface area contributed by atoms with Crippen molar-refractivity contribution in [1.82, 2.24) is 5.43 Å². The lowest BCUT2D eigenvalue weighted by Crippen LogP contribution is -2.25. The van der Waals surface area contributed by atoms with Crippen LogP contribution >= 0.6 is 0 Å². The van der Waals surface area contributed by atoms with E-state index in [0.717, 1.165) is 37.1 Å². The summed E-state index contributed by atoms with van der Waals surface area (Å²) in [5, 5.41) is 0. The summed E-state index contributed by atoms with van der Waals surface area (Å²) in [5.41, 5.74) is 13.1. The Morgan fingerprint density at radius 1 is 1.19 bits per heavy atom. The number of nitrogens with two attached hydrogens (primary N) is 2. The number of hydrogen-bond acceptors (Lipinski definition) is 3. The molecule has 88 valence electrons. The van der Waals surface area contributed by atoms with Gasteiger partial charge in [-0.1, -0.05) is 24.8 Å². The fraction of sp³-hybridized carbons (Fsp3) is 0.385. The van der Waals surface area contributed by atoms with Gasteiger partial charge in [-0.3, -0.25) is 5.84 Å². The zero-order valence-electron chi connectivity index (χ0n) is 9.92. The second-order valence-electron chi connectivity index (χ2n) is 3.90. The van der Waals surface area contributed by atoms with Crippen molar-refractivity contribution in [3.63, 3.8) is 0 Å². The van der Waals surface area contributed by atoms with E-state index in [1.807, 2.05) is 13.0 Å². The third-order valence-corrected chi connectivity index (χ3v) is 2.90. The van der Waals surface area contributed by atoms with Gasteiger partial charge in [-0.15, -0.1) is 0 Å². The van der Waals surface area contributed by atoms with Crippen molar-refractivity contribution < 1.29 is 0 Å². The van der Waals surface area contributed by atoms with Gasteiger partial charge >= 0.3 is 0 Å². The average Bonchev–Trinajstić information content (AvgIpc) is 2.28. The molecular formula is C13H21N3. The van der Waals surface area contributed by atoms with Gasteiger partial charge in [-0.05, 0) is 43.8 Å². The topological polar surface area (TPSA) is 64.1 Å². The van der Waals surface area contributed by atoms with Gasteiger partial charge in [0, 0.05) is 11.4 Å². The van der Waals surface area contributed by atoms with E-state index in [1.54, 1.807) is 0 Å². The van der Waals surface area contributed by atoms with Crippen LogP contribution in [0.25, 0.3) is 0 Å². The van der Waals surface area contributed by atoms with Crippen LogP contribution < -0.4 is 17.0 Å². The molecule has 0 atom stereocenters. The molecule has 0 saturated carbocycles. The molecule has 0 heterocycles. The maximum absolute atomic E-state index is 5.96. The first-order chi connectivity index (χ1) is 7.72. The molecule has 5 N–H and O–H groups in total. The van der Waals surface area contributed by atoms with E-state index in [2.05, 4.69) is 24.2 Å². The van der Waals surface area contributed by atoms with Gasteiger partial charge in [0.25, 0.3) is 0 Å². The highest BCUT2D eigenvalue weighted by Gasteiger charge is 2.10. The minimum Gasteiger partial charge on any atom is -0.401 e. The largest absolute Gasteiger partial charge is 0.401 e. The maximum Gasteiger partial charge on any atom is 0.0449 e. The maximum atomic E-state index is 5.96. The SMILES string of the molecule is C=C/C1=C(\C=C/C)CC/C(NN)=C(/N)CC1. The van der Waals surface area contributed by atoms with Crippen molar-refractivity contribution in [2.45, 2.75) is 32.6 Å².